The van der Waals surface area contributed by atoms with Crippen molar-refractivity contribution in [1.82, 2.24) is 15.3 Å². The quantitative estimate of drug-likeness (QED) is 0.520. The van der Waals surface area contributed by atoms with E-state index in [2.05, 4.69) is 15.3 Å². The SMILES string of the molecule is Fc1cc([N]c2ccc3ccccc3c2)nc(F)n1. The molecule has 0 spiro atoms. The molecule has 0 saturated carbocycles. The van der Waals surface area contributed by atoms with E-state index in [0.29, 0.717) is 5.69 Å². The Morgan fingerprint density at radius 3 is 2.42 bits per heavy atom. The average molecular weight is 256 g/mol. The number of nitrogens with zero attached hydrogens (tertiary/aromatic N) is 3. The summed E-state index contributed by atoms with van der Waals surface area (Å²) in [5.41, 5.74) is 0.580. The first-order valence-corrected chi connectivity index (χ1v) is 5.61. The first-order valence-electron chi connectivity index (χ1n) is 5.61. The largest absolute Gasteiger partial charge is 0.313 e. The fraction of sp³-hybridized carbons (Fsp3) is 0. The summed E-state index contributed by atoms with van der Waals surface area (Å²) < 4.78 is 25.8. The molecule has 0 bridgehead atoms. The zero-order valence-electron chi connectivity index (χ0n) is 9.72. The van der Waals surface area contributed by atoms with Crippen LogP contribution in [0.25, 0.3) is 10.8 Å². The van der Waals surface area contributed by atoms with Crippen molar-refractivity contribution in [2.75, 3.05) is 0 Å². The van der Waals surface area contributed by atoms with Gasteiger partial charge in [-0.2, -0.15) is 18.7 Å². The van der Waals surface area contributed by atoms with Crippen molar-refractivity contribution in [3.8, 4) is 0 Å². The zero-order valence-corrected chi connectivity index (χ0v) is 9.72. The van der Waals surface area contributed by atoms with Crippen LogP contribution >= 0.6 is 0 Å². The maximum absolute atomic E-state index is 12.9. The van der Waals surface area contributed by atoms with Gasteiger partial charge < -0.3 is 0 Å². The molecule has 0 aliphatic heterocycles. The third kappa shape index (κ3) is 2.49. The summed E-state index contributed by atoms with van der Waals surface area (Å²) in [6, 6.07) is 14.2. The summed E-state index contributed by atoms with van der Waals surface area (Å²) >= 11 is 0. The van der Waals surface area contributed by atoms with Gasteiger partial charge in [0.05, 0.1) is 5.69 Å². The predicted octanol–water partition coefficient (Wildman–Crippen LogP) is 3.48. The van der Waals surface area contributed by atoms with Crippen LogP contribution in [-0.2, 0) is 0 Å². The van der Waals surface area contributed by atoms with Gasteiger partial charge in [0.2, 0.25) is 5.95 Å². The van der Waals surface area contributed by atoms with E-state index in [4.69, 9.17) is 0 Å². The molecule has 2 aromatic carbocycles. The van der Waals surface area contributed by atoms with Crippen LogP contribution in [0.1, 0.15) is 0 Å². The second-order valence-electron chi connectivity index (χ2n) is 3.96. The molecule has 3 aromatic rings. The lowest BCUT2D eigenvalue weighted by Gasteiger charge is -2.04. The lowest BCUT2D eigenvalue weighted by molar-refractivity contribution is 0.482. The maximum atomic E-state index is 12.9. The molecule has 3 nitrogen and oxygen atoms in total. The normalized spacial score (nSPS) is 10.6. The number of hydrogen-bond donors (Lipinski definition) is 0. The Labute approximate surface area is 107 Å². The molecule has 0 aliphatic rings. The van der Waals surface area contributed by atoms with Crippen LogP contribution in [0.15, 0.2) is 48.5 Å². The van der Waals surface area contributed by atoms with Crippen molar-refractivity contribution in [1.29, 1.82) is 0 Å². The molecule has 0 atom stereocenters. The van der Waals surface area contributed by atoms with E-state index < -0.39 is 12.0 Å². The Morgan fingerprint density at radius 1 is 0.842 bits per heavy atom. The van der Waals surface area contributed by atoms with Crippen LogP contribution in [0.5, 0.6) is 0 Å². The smallest absolute Gasteiger partial charge is 0.229 e. The predicted molar refractivity (Wildman–Crippen MR) is 67.4 cm³/mol. The van der Waals surface area contributed by atoms with Crippen molar-refractivity contribution in [3.05, 3.63) is 60.6 Å². The molecular formula is C14H8F2N3. The van der Waals surface area contributed by atoms with Crippen molar-refractivity contribution < 1.29 is 8.78 Å². The molecule has 3 rings (SSSR count). The van der Waals surface area contributed by atoms with Gasteiger partial charge in [-0.1, -0.05) is 30.3 Å². The molecule has 1 radical (unpaired) electrons. The molecule has 0 N–H and O–H groups in total. The second-order valence-corrected chi connectivity index (χ2v) is 3.96. The molecule has 0 saturated heterocycles. The summed E-state index contributed by atoms with van der Waals surface area (Å²) in [5.74, 6) is -0.979. The third-order valence-corrected chi connectivity index (χ3v) is 2.63. The van der Waals surface area contributed by atoms with Crippen molar-refractivity contribution in [2.45, 2.75) is 0 Å². The van der Waals surface area contributed by atoms with Gasteiger partial charge >= 0.3 is 6.08 Å². The molecule has 5 heteroatoms. The summed E-state index contributed by atoms with van der Waals surface area (Å²) in [5, 5.41) is 6.15. The Bertz CT molecular complexity index is 723. The Hall–Kier alpha value is -2.56. The highest BCUT2D eigenvalue weighted by atomic mass is 19.1. The number of hydrogen-bond acceptors (Lipinski definition) is 2. The van der Waals surface area contributed by atoms with E-state index in [1.54, 1.807) is 6.07 Å². The summed E-state index contributed by atoms with van der Waals surface area (Å²) in [6.07, 6.45) is -1.13. The Morgan fingerprint density at radius 2 is 1.63 bits per heavy atom. The molecular weight excluding hydrogens is 248 g/mol. The highest BCUT2D eigenvalue weighted by Crippen LogP contribution is 2.21. The lowest BCUT2D eigenvalue weighted by atomic mass is 10.1. The number of benzene rings is 2. The molecule has 93 valence electrons. The maximum Gasteiger partial charge on any atom is 0.313 e. The van der Waals surface area contributed by atoms with Crippen LogP contribution in [0.3, 0.4) is 0 Å². The summed E-state index contributed by atoms with van der Waals surface area (Å²) in [4.78, 5) is 6.35. The summed E-state index contributed by atoms with van der Waals surface area (Å²) in [7, 11) is 0. The molecule has 1 heterocycles. The monoisotopic (exact) mass is 256 g/mol. The van der Waals surface area contributed by atoms with Crippen LogP contribution < -0.4 is 5.32 Å². The minimum Gasteiger partial charge on any atom is -0.229 e. The highest BCUT2D eigenvalue weighted by Gasteiger charge is 2.06. The molecule has 0 amide bonds. The number of fused-ring (bicyclic) bond motifs is 1. The minimum atomic E-state index is -1.13. The van der Waals surface area contributed by atoms with Crippen LogP contribution in [0.2, 0.25) is 0 Å². The van der Waals surface area contributed by atoms with E-state index in [0.717, 1.165) is 16.8 Å². The molecule has 0 fully saturated rings. The van der Waals surface area contributed by atoms with E-state index in [1.165, 1.54) is 0 Å². The molecule has 1 aromatic heterocycles. The van der Waals surface area contributed by atoms with E-state index in [-0.39, 0.29) is 5.82 Å². The topological polar surface area (TPSA) is 39.9 Å². The van der Waals surface area contributed by atoms with Crippen molar-refractivity contribution in [2.24, 2.45) is 0 Å². The highest BCUT2D eigenvalue weighted by molar-refractivity contribution is 5.85. The van der Waals surface area contributed by atoms with Gasteiger partial charge in [0.25, 0.3) is 0 Å². The van der Waals surface area contributed by atoms with E-state index >= 15 is 0 Å². The summed E-state index contributed by atoms with van der Waals surface area (Å²) in [6.45, 7) is 0. The molecule has 0 aliphatic carbocycles. The van der Waals surface area contributed by atoms with Crippen molar-refractivity contribution >= 4 is 22.3 Å². The second kappa shape index (κ2) is 4.61. The van der Waals surface area contributed by atoms with Gasteiger partial charge in [0.15, 0.2) is 5.82 Å². The minimum absolute atomic E-state index is 0.0414. The first kappa shape index (κ1) is 11.5. The van der Waals surface area contributed by atoms with Gasteiger partial charge in [-0.25, -0.2) is 5.32 Å². The Kier molecular flexibility index (Phi) is 2.79. The van der Waals surface area contributed by atoms with Crippen LogP contribution in [0, 0.1) is 12.0 Å². The molecule has 19 heavy (non-hydrogen) atoms. The fourth-order valence-electron chi connectivity index (χ4n) is 1.81. The fourth-order valence-corrected chi connectivity index (χ4v) is 1.81. The molecule has 0 unspecified atom stereocenters. The van der Waals surface area contributed by atoms with E-state index in [9.17, 15) is 8.78 Å². The standard InChI is InChI=1S/C14H8F2N3/c15-12-8-13(19-14(16)18-12)17-11-6-5-9-3-1-2-4-10(9)7-11/h1-8H. The average Bonchev–Trinajstić information content (AvgIpc) is 2.37. The number of halogens is 2. The van der Waals surface area contributed by atoms with Gasteiger partial charge in [-0.05, 0) is 22.9 Å². The van der Waals surface area contributed by atoms with E-state index in [1.807, 2.05) is 36.4 Å². The number of aromatic nitrogens is 2. The Balaban J connectivity index is 1.96. The first-order chi connectivity index (χ1) is 9.20. The van der Waals surface area contributed by atoms with Crippen molar-refractivity contribution in [3.63, 3.8) is 0 Å². The number of rotatable bonds is 2. The lowest BCUT2D eigenvalue weighted by Crippen LogP contribution is -1.99. The van der Waals surface area contributed by atoms with Gasteiger partial charge in [-0.15, -0.1) is 0 Å². The van der Waals surface area contributed by atoms with Gasteiger partial charge in [-0.3, -0.25) is 0 Å². The van der Waals surface area contributed by atoms with Crippen LogP contribution in [0.4, 0.5) is 20.3 Å². The zero-order chi connectivity index (χ0) is 13.2. The van der Waals surface area contributed by atoms with Crippen LogP contribution in [-0.4, -0.2) is 9.97 Å². The third-order valence-electron chi connectivity index (χ3n) is 2.63. The van der Waals surface area contributed by atoms with Gasteiger partial charge in [0, 0.05) is 6.07 Å². The van der Waals surface area contributed by atoms with Gasteiger partial charge in [0.1, 0.15) is 0 Å².